The molecule has 3 aromatic rings. The molecule has 0 bridgehead atoms. The highest BCUT2D eigenvalue weighted by Crippen LogP contribution is 2.34. The van der Waals surface area contributed by atoms with Crippen molar-refractivity contribution in [3.63, 3.8) is 0 Å². The van der Waals surface area contributed by atoms with Crippen LogP contribution in [0.3, 0.4) is 0 Å². The third-order valence-corrected chi connectivity index (χ3v) is 5.88. The highest BCUT2D eigenvalue weighted by atomic mass is 19.1. The van der Waals surface area contributed by atoms with Crippen molar-refractivity contribution < 1.29 is 23.5 Å². The maximum absolute atomic E-state index is 13.6. The molecule has 4 rings (SSSR count). The van der Waals surface area contributed by atoms with Crippen LogP contribution in [0.5, 0.6) is 11.5 Å². The number of methoxy groups -OCH3 is 2. The number of fused-ring (bicyclic) bond motifs is 1. The molecule has 0 saturated carbocycles. The zero-order valence-corrected chi connectivity index (χ0v) is 17.9. The SMILES string of the molecule is COc1cccc(OC)c1C(=O)N1CCC(c2nc3ccc(F)cc3cc2C(N)=O)CC1. The van der Waals surface area contributed by atoms with Crippen molar-refractivity contribution in [1.82, 2.24) is 9.88 Å². The number of carbonyl (C=O) groups excluding carboxylic acids is 2. The summed E-state index contributed by atoms with van der Waals surface area (Å²) in [6.07, 6.45) is 1.23. The van der Waals surface area contributed by atoms with Gasteiger partial charge in [0.1, 0.15) is 22.9 Å². The van der Waals surface area contributed by atoms with Crippen LogP contribution in [0.1, 0.15) is 45.2 Å². The first-order valence-corrected chi connectivity index (χ1v) is 10.3. The number of hydrogen-bond donors (Lipinski definition) is 1. The number of piperidine rings is 1. The number of hydrogen-bond acceptors (Lipinski definition) is 5. The van der Waals surface area contributed by atoms with Gasteiger partial charge in [0, 0.05) is 24.4 Å². The van der Waals surface area contributed by atoms with Gasteiger partial charge in [0.25, 0.3) is 11.8 Å². The van der Waals surface area contributed by atoms with Crippen LogP contribution in [0.4, 0.5) is 4.39 Å². The second-order valence-corrected chi connectivity index (χ2v) is 7.73. The van der Waals surface area contributed by atoms with Crippen molar-refractivity contribution >= 4 is 22.7 Å². The van der Waals surface area contributed by atoms with Gasteiger partial charge in [0.2, 0.25) is 0 Å². The van der Waals surface area contributed by atoms with E-state index in [9.17, 15) is 14.0 Å². The van der Waals surface area contributed by atoms with Crippen LogP contribution in [0.15, 0.2) is 42.5 Å². The number of primary amides is 1. The number of nitrogens with zero attached hydrogens (tertiary/aromatic N) is 2. The fourth-order valence-corrected chi connectivity index (χ4v) is 4.25. The lowest BCUT2D eigenvalue weighted by atomic mass is 9.89. The number of amides is 2. The number of carbonyl (C=O) groups is 2. The maximum atomic E-state index is 13.6. The number of rotatable bonds is 5. The summed E-state index contributed by atoms with van der Waals surface area (Å²) in [5.41, 5.74) is 7.48. The number of likely N-dealkylation sites (tertiary alicyclic amines) is 1. The summed E-state index contributed by atoms with van der Waals surface area (Å²) in [5, 5.41) is 0.526. The molecule has 1 fully saturated rings. The van der Waals surface area contributed by atoms with E-state index in [4.69, 9.17) is 15.2 Å². The summed E-state index contributed by atoms with van der Waals surface area (Å²) in [4.78, 5) is 31.7. The number of pyridine rings is 1. The molecule has 0 spiro atoms. The van der Waals surface area contributed by atoms with E-state index < -0.39 is 11.7 Å². The molecule has 0 aliphatic carbocycles. The van der Waals surface area contributed by atoms with Gasteiger partial charge in [-0.25, -0.2) is 4.39 Å². The third-order valence-electron chi connectivity index (χ3n) is 5.88. The molecule has 1 aliphatic rings. The van der Waals surface area contributed by atoms with Gasteiger partial charge in [-0.3, -0.25) is 14.6 Å². The van der Waals surface area contributed by atoms with Gasteiger partial charge in [-0.2, -0.15) is 0 Å². The molecule has 8 heteroatoms. The molecule has 0 unspecified atom stereocenters. The van der Waals surface area contributed by atoms with Gasteiger partial charge in [0.05, 0.1) is 31.0 Å². The van der Waals surface area contributed by atoms with Crippen molar-refractivity contribution in [3.05, 3.63) is 65.1 Å². The van der Waals surface area contributed by atoms with Gasteiger partial charge < -0.3 is 20.1 Å². The van der Waals surface area contributed by atoms with Crippen LogP contribution < -0.4 is 15.2 Å². The molecular weight excluding hydrogens is 413 g/mol. The Kier molecular flexibility index (Phi) is 5.94. The van der Waals surface area contributed by atoms with E-state index in [0.29, 0.717) is 65.2 Å². The molecule has 0 atom stereocenters. The van der Waals surface area contributed by atoms with Gasteiger partial charge in [-0.05, 0) is 49.2 Å². The Bertz CT molecular complexity index is 1170. The quantitative estimate of drug-likeness (QED) is 0.659. The predicted molar refractivity (Wildman–Crippen MR) is 118 cm³/mol. The lowest BCUT2D eigenvalue weighted by Gasteiger charge is -2.33. The van der Waals surface area contributed by atoms with Crippen molar-refractivity contribution in [3.8, 4) is 11.5 Å². The van der Waals surface area contributed by atoms with Crippen molar-refractivity contribution in [2.45, 2.75) is 18.8 Å². The lowest BCUT2D eigenvalue weighted by Crippen LogP contribution is -2.38. The Morgan fingerprint density at radius 3 is 2.31 bits per heavy atom. The van der Waals surface area contributed by atoms with Crippen LogP contribution in [0.25, 0.3) is 10.9 Å². The topological polar surface area (TPSA) is 94.8 Å². The van der Waals surface area contributed by atoms with Crippen LogP contribution in [-0.4, -0.2) is 49.0 Å². The number of benzene rings is 2. The molecule has 2 heterocycles. The number of aromatic nitrogens is 1. The standard InChI is InChI=1S/C24H24FN3O4/c1-31-19-4-3-5-20(32-2)21(19)24(30)28-10-8-14(9-11-28)22-17(23(26)29)13-15-12-16(25)6-7-18(15)27-22/h3-7,12-14H,8-11H2,1-2H3,(H2,26,29). The number of ether oxygens (including phenoxy) is 2. The van der Waals surface area contributed by atoms with Gasteiger partial charge >= 0.3 is 0 Å². The van der Waals surface area contributed by atoms with E-state index in [1.165, 1.54) is 26.4 Å². The molecule has 166 valence electrons. The van der Waals surface area contributed by atoms with Crippen LogP contribution in [0, 0.1) is 5.82 Å². The zero-order valence-electron chi connectivity index (χ0n) is 17.9. The minimum Gasteiger partial charge on any atom is -0.496 e. The summed E-state index contributed by atoms with van der Waals surface area (Å²) in [6, 6.07) is 11.1. The van der Waals surface area contributed by atoms with E-state index >= 15 is 0 Å². The Balaban J connectivity index is 1.59. The first-order valence-electron chi connectivity index (χ1n) is 10.3. The Morgan fingerprint density at radius 2 is 1.72 bits per heavy atom. The average Bonchev–Trinajstić information content (AvgIpc) is 2.82. The molecule has 1 aliphatic heterocycles. The fourth-order valence-electron chi connectivity index (χ4n) is 4.25. The number of halogens is 1. The van der Waals surface area contributed by atoms with E-state index in [2.05, 4.69) is 4.98 Å². The van der Waals surface area contributed by atoms with Gasteiger partial charge in [-0.15, -0.1) is 0 Å². The molecule has 1 aromatic heterocycles. The van der Waals surface area contributed by atoms with E-state index in [1.807, 2.05) is 0 Å². The van der Waals surface area contributed by atoms with Crippen LogP contribution >= 0.6 is 0 Å². The van der Waals surface area contributed by atoms with E-state index in [0.717, 1.165) is 0 Å². The first-order chi connectivity index (χ1) is 15.4. The summed E-state index contributed by atoms with van der Waals surface area (Å²) < 4.78 is 24.3. The summed E-state index contributed by atoms with van der Waals surface area (Å²) >= 11 is 0. The van der Waals surface area contributed by atoms with Crippen molar-refractivity contribution in [2.24, 2.45) is 5.73 Å². The molecule has 2 amide bonds. The molecule has 7 nitrogen and oxygen atoms in total. The fraction of sp³-hybridized carbons (Fsp3) is 0.292. The Morgan fingerprint density at radius 1 is 1.06 bits per heavy atom. The minimum atomic E-state index is -0.601. The number of nitrogens with two attached hydrogens (primary N) is 1. The normalized spacial score (nSPS) is 14.4. The predicted octanol–water partition coefficient (Wildman–Crippen LogP) is 3.51. The first kappa shape index (κ1) is 21.5. The van der Waals surface area contributed by atoms with Gasteiger partial charge in [0.15, 0.2) is 0 Å². The summed E-state index contributed by atoms with van der Waals surface area (Å²) in [5.74, 6) is -0.311. The largest absolute Gasteiger partial charge is 0.496 e. The smallest absolute Gasteiger partial charge is 0.261 e. The molecule has 32 heavy (non-hydrogen) atoms. The Labute approximate surface area is 184 Å². The molecular formula is C24H24FN3O4. The monoisotopic (exact) mass is 437 g/mol. The third kappa shape index (κ3) is 3.95. The van der Waals surface area contributed by atoms with Crippen LogP contribution in [-0.2, 0) is 0 Å². The highest BCUT2D eigenvalue weighted by Gasteiger charge is 2.30. The highest BCUT2D eigenvalue weighted by molar-refractivity contribution is 6.00. The minimum absolute atomic E-state index is 0.0458. The van der Waals surface area contributed by atoms with E-state index in [-0.39, 0.29) is 11.8 Å². The van der Waals surface area contributed by atoms with Crippen LogP contribution in [0.2, 0.25) is 0 Å². The van der Waals surface area contributed by atoms with Crippen molar-refractivity contribution in [2.75, 3.05) is 27.3 Å². The second-order valence-electron chi connectivity index (χ2n) is 7.73. The molecule has 2 aromatic carbocycles. The van der Waals surface area contributed by atoms with Gasteiger partial charge in [-0.1, -0.05) is 6.07 Å². The summed E-state index contributed by atoms with van der Waals surface area (Å²) in [7, 11) is 3.03. The molecule has 2 N–H and O–H groups in total. The second kappa shape index (κ2) is 8.82. The summed E-state index contributed by atoms with van der Waals surface area (Å²) in [6.45, 7) is 0.956. The maximum Gasteiger partial charge on any atom is 0.261 e. The molecule has 1 saturated heterocycles. The van der Waals surface area contributed by atoms with E-state index in [1.54, 1.807) is 35.2 Å². The lowest BCUT2D eigenvalue weighted by molar-refractivity contribution is 0.0704. The average molecular weight is 437 g/mol. The Hall–Kier alpha value is -3.68. The zero-order chi connectivity index (χ0) is 22.8. The molecule has 0 radical (unpaired) electrons. The van der Waals surface area contributed by atoms with Crippen molar-refractivity contribution in [1.29, 1.82) is 0 Å².